The molecule has 3 aliphatic rings. The van der Waals surface area contributed by atoms with Gasteiger partial charge in [-0.2, -0.15) is 0 Å². The largest absolute Gasteiger partial charge is 0.0622 e. The summed E-state index contributed by atoms with van der Waals surface area (Å²) < 4.78 is 0. The zero-order valence-electron chi connectivity index (χ0n) is 14.8. The van der Waals surface area contributed by atoms with Gasteiger partial charge in [0.25, 0.3) is 0 Å². The molecule has 0 aliphatic heterocycles. The van der Waals surface area contributed by atoms with Crippen LogP contribution in [0.1, 0.15) is 86.5 Å². The van der Waals surface area contributed by atoms with Gasteiger partial charge in [0.1, 0.15) is 0 Å². The first-order valence-corrected chi connectivity index (χ1v) is 9.22. The molecular formula is C20H36. The summed E-state index contributed by atoms with van der Waals surface area (Å²) in [5.41, 5.74) is 1.83. The zero-order valence-corrected chi connectivity index (χ0v) is 14.8. The van der Waals surface area contributed by atoms with Crippen molar-refractivity contribution in [3.8, 4) is 0 Å². The van der Waals surface area contributed by atoms with Crippen molar-refractivity contribution in [3.05, 3.63) is 0 Å². The molecule has 0 amide bonds. The van der Waals surface area contributed by atoms with Gasteiger partial charge in [0.2, 0.25) is 0 Å². The Hall–Kier alpha value is 0. The van der Waals surface area contributed by atoms with E-state index < -0.39 is 0 Å². The maximum Gasteiger partial charge on any atom is -0.0259 e. The van der Waals surface area contributed by atoms with Crippen LogP contribution in [-0.2, 0) is 0 Å². The van der Waals surface area contributed by atoms with Gasteiger partial charge in [0, 0.05) is 0 Å². The summed E-state index contributed by atoms with van der Waals surface area (Å²) in [6, 6.07) is 0. The molecule has 6 unspecified atom stereocenters. The van der Waals surface area contributed by atoms with Crippen LogP contribution in [0.5, 0.6) is 0 Å². The van der Waals surface area contributed by atoms with E-state index in [1.54, 1.807) is 0 Å². The summed E-state index contributed by atoms with van der Waals surface area (Å²) >= 11 is 0. The molecule has 3 rings (SSSR count). The van der Waals surface area contributed by atoms with Crippen LogP contribution in [-0.4, -0.2) is 0 Å². The Labute approximate surface area is 127 Å². The monoisotopic (exact) mass is 276 g/mol. The molecule has 0 heteroatoms. The maximum absolute atomic E-state index is 2.68. The fourth-order valence-corrected chi connectivity index (χ4v) is 7.22. The Balaban J connectivity index is 1.98. The van der Waals surface area contributed by atoms with E-state index in [1.807, 2.05) is 0 Å². The van der Waals surface area contributed by atoms with E-state index in [-0.39, 0.29) is 0 Å². The molecule has 0 radical (unpaired) electrons. The van der Waals surface area contributed by atoms with Crippen molar-refractivity contribution in [3.63, 3.8) is 0 Å². The van der Waals surface area contributed by atoms with Gasteiger partial charge >= 0.3 is 0 Å². The van der Waals surface area contributed by atoms with Crippen molar-refractivity contribution in [2.24, 2.45) is 39.9 Å². The lowest BCUT2D eigenvalue weighted by Gasteiger charge is -2.66. The Morgan fingerprint density at radius 3 is 2.10 bits per heavy atom. The molecule has 20 heavy (non-hydrogen) atoms. The van der Waals surface area contributed by atoms with Gasteiger partial charge in [-0.1, -0.05) is 54.4 Å². The molecule has 0 nitrogen and oxygen atoms in total. The van der Waals surface area contributed by atoms with Gasteiger partial charge in [-0.3, -0.25) is 0 Å². The summed E-state index contributed by atoms with van der Waals surface area (Å²) in [5, 5.41) is 0. The fourth-order valence-electron chi connectivity index (χ4n) is 7.22. The predicted octanol–water partition coefficient (Wildman–Crippen LogP) is 6.30. The minimum absolute atomic E-state index is 0.584. The first-order chi connectivity index (χ1) is 9.22. The van der Waals surface area contributed by atoms with Crippen molar-refractivity contribution in [2.45, 2.75) is 86.5 Å². The van der Waals surface area contributed by atoms with Crippen LogP contribution in [0.25, 0.3) is 0 Å². The molecule has 0 bridgehead atoms. The lowest BCUT2D eigenvalue weighted by Crippen LogP contribution is -2.58. The number of fused-ring (bicyclic) bond motifs is 3. The molecule has 3 fully saturated rings. The van der Waals surface area contributed by atoms with Crippen molar-refractivity contribution in [2.75, 3.05) is 0 Å². The van der Waals surface area contributed by atoms with Gasteiger partial charge in [-0.05, 0) is 72.0 Å². The summed E-state index contributed by atoms with van der Waals surface area (Å²) in [7, 11) is 0. The molecule has 0 N–H and O–H groups in total. The van der Waals surface area contributed by atoms with Crippen molar-refractivity contribution in [1.29, 1.82) is 0 Å². The van der Waals surface area contributed by atoms with E-state index in [9.17, 15) is 0 Å². The highest BCUT2D eigenvalue weighted by Crippen LogP contribution is 2.68. The summed E-state index contributed by atoms with van der Waals surface area (Å²) in [6.07, 6.45) is 10.4. The Morgan fingerprint density at radius 2 is 1.40 bits per heavy atom. The van der Waals surface area contributed by atoms with Crippen LogP contribution >= 0.6 is 0 Å². The number of hydrogen-bond acceptors (Lipinski definition) is 0. The minimum atomic E-state index is 0.584. The minimum Gasteiger partial charge on any atom is -0.0622 e. The number of hydrogen-bond donors (Lipinski definition) is 0. The Kier molecular flexibility index (Phi) is 3.35. The lowest BCUT2D eigenvalue weighted by atomic mass is 9.39. The molecular weight excluding hydrogens is 240 g/mol. The average molecular weight is 277 g/mol. The molecule has 0 aromatic carbocycles. The van der Waals surface area contributed by atoms with Gasteiger partial charge in [-0.15, -0.1) is 0 Å². The normalized spacial score (nSPS) is 54.9. The van der Waals surface area contributed by atoms with E-state index in [2.05, 4.69) is 41.5 Å². The Morgan fingerprint density at radius 1 is 0.700 bits per heavy atom. The molecule has 0 spiro atoms. The molecule has 0 aromatic heterocycles. The summed E-state index contributed by atoms with van der Waals surface area (Å²) in [5.74, 6) is 3.82. The van der Waals surface area contributed by atoms with Crippen LogP contribution < -0.4 is 0 Å². The predicted molar refractivity (Wildman–Crippen MR) is 87.6 cm³/mol. The fraction of sp³-hybridized carbons (Fsp3) is 1.00. The first-order valence-electron chi connectivity index (χ1n) is 9.22. The second-order valence-electron chi connectivity index (χ2n) is 9.84. The van der Waals surface area contributed by atoms with E-state index in [0.717, 1.165) is 23.7 Å². The van der Waals surface area contributed by atoms with Gasteiger partial charge < -0.3 is 0 Å². The number of rotatable bonds is 0. The van der Waals surface area contributed by atoms with E-state index in [0.29, 0.717) is 16.2 Å². The smallest absolute Gasteiger partial charge is 0.0259 e. The maximum atomic E-state index is 2.68. The standard InChI is InChI=1S/C20H36/c1-14-8-9-17-19(5,15(14)2)13-10-16-18(3,4)11-7-12-20(16,17)6/h14-17H,7-13H2,1-6H3. The summed E-state index contributed by atoms with van der Waals surface area (Å²) in [6.45, 7) is 15.5. The van der Waals surface area contributed by atoms with Crippen LogP contribution in [0.4, 0.5) is 0 Å². The van der Waals surface area contributed by atoms with E-state index in [1.165, 1.54) is 44.9 Å². The van der Waals surface area contributed by atoms with Crippen molar-refractivity contribution < 1.29 is 0 Å². The van der Waals surface area contributed by atoms with E-state index >= 15 is 0 Å². The van der Waals surface area contributed by atoms with Crippen LogP contribution in [0.3, 0.4) is 0 Å². The Bertz CT molecular complexity index is 381. The molecule has 116 valence electrons. The van der Waals surface area contributed by atoms with Crippen LogP contribution in [0.15, 0.2) is 0 Å². The third kappa shape index (κ3) is 1.85. The zero-order chi connectivity index (χ0) is 14.8. The second-order valence-corrected chi connectivity index (χ2v) is 9.84. The first kappa shape index (κ1) is 14.9. The van der Waals surface area contributed by atoms with Crippen molar-refractivity contribution in [1.82, 2.24) is 0 Å². The highest BCUT2D eigenvalue weighted by atomic mass is 14.6. The summed E-state index contributed by atoms with van der Waals surface area (Å²) in [4.78, 5) is 0. The van der Waals surface area contributed by atoms with Crippen LogP contribution in [0.2, 0.25) is 0 Å². The highest BCUT2D eigenvalue weighted by Gasteiger charge is 2.60. The SMILES string of the molecule is CC1CCC2C(C)(CCC3C(C)(C)CCCC32C)C1C. The molecule has 0 aromatic rings. The van der Waals surface area contributed by atoms with Gasteiger partial charge in [-0.25, -0.2) is 0 Å². The average Bonchev–Trinajstić information content (AvgIpc) is 2.34. The van der Waals surface area contributed by atoms with Gasteiger partial charge in [0.15, 0.2) is 0 Å². The molecule has 6 atom stereocenters. The molecule has 3 saturated carbocycles. The molecule has 0 heterocycles. The van der Waals surface area contributed by atoms with Crippen LogP contribution in [0, 0.1) is 39.9 Å². The highest BCUT2D eigenvalue weighted by molar-refractivity contribution is 5.09. The topological polar surface area (TPSA) is 0 Å². The third-order valence-electron chi connectivity index (χ3n) is 8.64. The third-order valence-corrected chi connectivity index (χ3v) is 8.64. The van der Waals surface area contributed by atoms with Crippen molar-refractivity contribution >= 4 is 0 Å². The quantitative estimate of drug-likeness (QED) is 0.487. The molecule has 0 saturated heterocycles. The van der Waals surface area contributed by atoms with Gasteiger partial charge in [0.05, 0.1) is 0 Å². The molecule has 3 aliphatic carbocycles. The van der Waals surface area contributed by atoms with E-state index in [4.69, 9.17) is 0 Å². The second kappa shape index (κ2) is 4.50. The lowest BCUT2D eigenvalue weighted by molar-refractivity contribution is -0.169.